The van der Waals surface area contributed by atoms with E-state index in [1.54, 1.807) is 6.92 Å². The van der Waals surface area contributed by atoms with Crippen LogP contribution in [0.2, 0.25) is 0 Å². The molecular weight excluding hydrogens is 176 g/mol. The molecule has 0 aromatic heterocycles. The van der Waals surface area contributed by atoms with Crippen LogP contribution in [0.25, 0.3) is 0 Å². The molecule has 1 aromatic rings. The maximum Gasteiger partial charge on any atom is 0.0567 e. The van der Waals surface area contributed by atoms with Gasteiger partial charge in [-0.1, -0.05) is 30.3 Å². The lowest BCUT2D eigenvalue weighted by molar-refractivity contribution is 0.0854. The van der Waals surface area contributed by atoms with Crippen LogP contribution in [0.5, 0.6) is 0 Å². The molecule has 0 amide bonds. The summed E-state index contributed by atoms with van der Waals surface area (Å²) < 4.78 is 0. The maximum absolute atomic E-state index is 9.52. The van der Waals surface area contributed by atoms with Crippen LogP contribution in [-0.2, 0) is 6.42 Å². The van der Waals surface area contributed by atoms with Crippen molar-refractivity contribution in [3.63, 3.8) is 0 Å². The predicted molar refractivity (Wildman–Crippen MR) is 57.1 cm³/mol. The van der Waals surface area contributed by atoms with E-state index < -0.39 is 12.2 Å². The summed E-state index contributed by atoms with van der Waals surface area (Å²) in [5, 5.41) is 18.6. The van der Waals surface area contributed by atoms with Crippen LogP contribution in [-0.4, -0.2) is 22.4 Å². The van der Waals surface area contributed by atoms with Crippen LogP contribution in [0.4, 0.5) is 0 Å². The van der Waals surface area contributed by atoms with Gasteiger partial charge >= 0.3 is 0 Å². The summed E-state index contributed by atoms with van der Waals surface area (Å²) >= 11 is 0. The monoisotopic (exact) mass is 194 g/mol. The zero-order valence-corrected chi connectivity index (χ0v) is 8.56. The molecule has 2 nitrogen and oxygen atoms in total. The molecule has 0 bridgehead atoms. The van der Waals surface area contributed by atoms with Crippen LogP contribution >= 0.6 is 0 Å². The van der Waals surface area contributed by atoms with Crippen LogP contribution in [0.3, 0.4) is 0 Å². The minimum Gasteiger partial charge on any atom is -0.393 e. The van der Waals surface area contributed by atoms with Crippen molar-refractivity contribution >= 4 is 0 Å². The molecule has 14 heavy (non-hydrogen) atoms. The van der Waals surface area contributed by atoms with E-state index in [2.05, 4.69) is 12.1 Å². The number of hydrogen-bond acceptors (Lipinski definition) is 2. The van der Waals surface area contributed by atoms with Crippen molar-refractivity contribution in [2.45, 2.75) is 38.4 Å². The summed E-state index contributed by atoms with van der Waals surface area (Å²) in [5.41, 5.74) is 1.23. The SMILES string of the molecule is CC(O)CC(O)CCc1ccccc1. The number of aliphatic hydroxyl groups is 2. The molecule has 0 aliphatic heterocycles. The van der Waals surface area contributed by atoms with Gasteiger partial charge in [-0.25, -0.2) is 0 Å². The molecule has 0 saturated heterocycles. The summed E-state index contributed by atoms with van der Waals surface area (Å²) in [6.45, 7) is 1.70. The van der Waals surface area contributed by atoms with Crippen LogP contribution in [0.1, 0.15) is 25.3 Å². The number of benzene rings is 1. The van der Waals surface area contributed by atoms with E-state index in [9.17, 15) is 5.11 Å². The van der Waals surface area contributed by atoms with E-state index >= 15 is 0 Å². The first-order valence-corrected chi connectivity index (χ1v) is 5.08. The summed E-state index contributed by atoms with van der Waals surface area (Å²) in [6, 6.07) is 10.1. The largest absolute Gasteiger partial charge is 0.393 e. The fraction of sp³-hybridized carbons (Fsp3) is 0.500. The minimum absolute atomic E-state index is 0.393. The maximum atomic E-state index is 9.52. The Hall–Kier alpha value is -0.860. The average Bonchev–Trinajstić information content (AvgIpc) is 2.15. The molecule has 78 valence electrons. The Morgan fingerprint density at radius 3 is 2.36 bits per heavy atom. The third-order valence-electron chi connectivity index (χ3n) is 2.22. The lowest BCUT2D eigenvalue weighted by atomic mass is 10.0. The van der Waals surface area contributed by atoms with Crippen LogP contribution in [0.15, 0.2) is 30.3 Å². The first-order chi connectivity index (χ1) is 6.68. The molecule has 0 aliphatic carbocycles. The lowest BCUT2D eigenvalue weighted by Gasteiger charge is -2.11. The molecule has 2 N–H and O–H groups in total. The highest BCUT2D eigenvalue weighted by atomic mass is 16.3. The number of rotatable bonds is 5. The van der Waals surface area contributed by atoms with E-state index in [1.807, 2.05) is 18.2 Å². The first-order valence-electron chi connectivity index (χ1n) is 5.08. The zero-order chi connectivity index (χ0) is 10.4. The summed E-state index contributed by atoms with van der Waals surface area (Å²) in [5.74, 6) is 0. The summed E-state index contributed by atoms with van der Waals surface area (Å²) in [7, 11) is 0. The topological polar surface area (TPSA) is 40.5 Å². The van der Waals surface area contributed by atoms with E-state index in [-0.39, 0.29) is 0 Å². The quantitative estimate of drug-likeness (QED) is 0.749. The van der Waals surface area contributed by atoms with Gasteiger partial charge in [0.1, 0.15) is 0 Å². The Labute approximate surface area is 85.2 Å². The van der Waals surface area contributed by atoms with Crippen molar-refractivity contribution in [2.24, 2.45) is 0 Å². The van der Waals surface area contributed by atoms with Crippen molar-refractivity contribution in [2.75, 3.05) is 0 Å². The van der Waals surface area contributed by atoms with Gasteiger partial charge in [-0.3, -0.25) is 0 Å². The molecule has 2 heteroatoms. The predicted octanol–water partition coefficient (Wildman–Crippen LogP) is 1.75. The smallest absolute Gasteiger partial charge is 0.0567 e. The Balaban J connectivity index is 2.27. The molecular formula is C12H18O2. The van der Waals surface area contributed by atoms with Crippen molar-refractivity contribution in [3.05, 3.63) is 35.9 Å². The van der Waals surface area contributed by atoms with Gasteiger partial charge in [0.05, 0.1) is 12.2 Å². The van der Waals surface area contributed by atoms with E-state index in [0.29, 0.717) is 6.42 Å². The fourth-order valence-corrected chi connectivity index (χ4v) is 1.49. The Kier molecular flexibility index (Phi) is 4.63. The van der Waals surface area contributed by atoms with Crippen molar-refractivity contribution in [3.8, 4) is 0 Å². The molecule has 1 rings (SSSR count). The highest BCUT2D eigenvalue weighted by Crippen LogP contribution is 2.08. The first kappa shape index (κ1) is 11.2. The highest BCUT2D eigenvalue weighted by molar-refractivity contribution is 5.14. The van der Waals surface area contributed by atoms with Gasteiger partial charge in [-0.2, -0.15) is 0 Å². The van der Waals surface area contributed by atoms with Gasteiger partial charge in [0.25, 0.3) is 0 Å². The summed E-state index contributed by atoms with van der Waals surface area (Å²) in [6.07, 6.45) is 1.24. The molecule has 2 atom stereocenters. The van der Waals surface area contributed by atoms with Crippen LogP contribution < -0.4 is 0 Å². The van der Waals surface area contributed by atoms with E-state index in [0.717, 1.165) is 12.8 Å². The zero-order valence-electron chi connectivity index (χ0n) is 8.56. The molecule has 0 radical (unpaired) electrons. The van der Waals surface area contributed by atoms with E-state index in [1.165, 1.54) is 5.56 Å². The van der Waals surface area contributed by atoms with Crippen LogP contribution in [0, 0.1) is 0 Å². The standard InChI is InChI=1S/C12H18O2/c1-10(13)9-12(14)8-7-11-5-3-2-4-6-11/h2-6,10,12-14H,7-9H2,1H3. The third-order valence-corrected chi connectivity index (χ3v) is 2.22. The molecule has 0 aliphatic rings. The fourth-order valence-electron chi connectivity index (χ4n) is 1.49. The second-order valence-electron chi connectivity index (χ2n) is 3.76. The lowest BCUT2D eigenvalue weighted by Crippen LogP contribution is -2.15. The Morgan fingerprint density at radius 1 is 1.14 bits per heavy atom. The van der Waals surface area contributed by atoms with Gasteiger partial charge in [0.2, 0.25) is 0 Å². The highest BCUT2D eigenvalue weighted by Gasteiger charge is 2.07. The molecule has 1 aromatic carbocycles. The van der Waals surface area contributed by atoms with Gasteiger partial charge in [-0.05, 0) is 31.7 Å². The molecule has 0 fully saturated rings. The minimum atomic E-state index is -0.416. The molecule has 0 saturated carbocycles. The van der Waals surface area contributed by atoms with Crippen molar-refractivity contribution < 1.29 is 10.2 Å². The second kappa shape index (κ2) is 5.78. The van der Waals surface area contributed by atoms with Gasteiger partial charge in [0.15, 0.2) is 0 Å². The van der Waals surface area contributed by atoms with Gasteiger partial charge < -0.3 is 10.2 Å². The molecule has 0 spiro atoms. The Bertz CT molecular complexity index is 244. The van der Waals surface area contributed by atoms with Gasteiger partial charge in [-0.15, -0.1) is 0 Å². The second-order valence-corrected chi connectivity index (χ2v) is 3.76. The number of aliphatic hydroxyl groups excluding tert-OH is 2. The summed E-state index contributed by atoms with van der Waals surface area (Å²) in [4.78, 5) is 0. The number of hydrogen-bond donors (Lipinski definition) is 2. The van der Waals surface area contributed by atoms with E-state index in [4.69, 9.17) is 5.11 Å². The number of aryl methyl sites for hydroxylation is 1. The average molecular weight is 194 g/mol. The van der Waals surface area contributed by atoms with Gasteiger partial charge in [0, 0.05) is 0 Å². The normalized spacial score (nSPS) is 15.1. The van der Waals surface area contributed by atoms with Crippen molar-refractivity contribution in [1.82, 2.24) is 0 Å². The van der Waals surface area contributed by atoms with Crippen molar-refractivity contribution in [1.29, 1.82) is 0 Å². The molecule has 2 unspecified atom stereocenters. The Morgan fingerprint density at radius 2 is 1.79 bits per heavy atom. The molecule has 0 heterocycles. The third kappa shape index (κ3) is 4.40.